The van der Waals surface area contributed by atoms with Crippen molar-refractivity contribution < 1.29 is 4.52 Å². The molecule has 1 aliphatic rings. The van der Waals surface area contributed by atoms with Gasteiger partial charge < -0.3 is 10.3 Å². The largest absolute Gasteiger partial charge is 0.339 e. The van der Waals surface area contributed by atoms with Crippen LogP contribution >= 0.6 is 0 Å². The van der Waals surface area contributed by atoms with E-state index in [4.69, 9.17) is 10.3 Å². The highest BCUT2D eigenvalue weighted by atomic mass is 16.5. The summed E-state index contributed by atoms with van der Waals surface area (Å²) in [5.74, 6) is 1.72. The zero-order valence-electron chi connectivity index (χ0n) is 9.63. The summed E-state index contributed by atoms with van der Waals surface area (Å²) < 4.78 is 5.19. The lowest BCUT2D eigenvalue weighted by Crippen LogP contribution is -2.14. The summed E-state index contributed by atoms with van der Waals surface area (Å²) in [6.45, 7) is 1.94. The zero-order valence-corrected chi connectivity index (χ0v) is 9.63. The van der Waals surface area contributed by atoms with Crippen LogP contribution in [-0.4, -0.2) is 15.1 Å². The number of hydrogen-bond donors (Lipinski definition) is 1. The summed E-state index contributed by atoms with van der Waals surface area (Å²) in [6.07, 6.45) is 4.04. The Bertz CT molecular complexity index is 516. The molecule has 2 aromatic rings. The van der Waals surface area contributed by atoms with Crippen LogP contribution in [0.25, 0.3) is 0 Å². The molecule has 5 nitrogen and oxygen atoms in total. The first-order valence-corrected chi connectivity index (χ1v) is 5.75. The van der Waals surface area contributed by atoms with Crippen LogP contribution in [0, 0.1) is 6.92 Å². The average Bonchev–Trinajstić information content (AvgIpc) is 3.07. The number of rotatable bonds is 3. The molecule has 2 aromatic heterocycles. The second-order valence-corrected chi connectivity index (χ2v) is 4.48. The Morgan fingerprint density at radius 3 is 2.88 bits per heavy atom. The summed E-state index contributed by atoms with van der Waals surface area (Å²) in [5.41, 5.74) is 7.94. The molecular weight excluding hydrogens is 216 g/mol. The maximum absolute atomic E-state index is 6.08. The average molecular weight is 230 g/mol. The minimum absolute atomic E-state index is 0.362. The van der Waals surface area contributed by atoms with Crippen LogP contribution in [0.1, 0.15) is 47.8 Å². The second-order valence-electron chi connectivity index (χ2n) is 4.48. The molecule has 5 heteroatoms. The Morgan fingerprint density at radius 1 is 1.41 bits per heavy atom. The van der Waals surface area contributed by atoms with Crippen molar-refractivity contribution in [1.82, 2.24) is 15.1 Å². The number of pyridine rings is 1. The first-order chi connectivity index (χ1) is 8.24. The zero-order chi connectivity index (χ0) is 11.8. The number of nitrogens with zero attached hydrogens (tertiary/aromatic N) is 3. The van der Waals surface area contributed by atoms with Gasteiger partial charge in [0.2, 0.25) is 5.89 Å². The Kier molecular flexibility index (Phi) is 2.40. The molecule has 0 saturated heterocycles. The van der Waals surface area contributed by atoms with Crippen LogP contribution in [0.15, 0.2) is 22.9 Å². The van der Waals surface area contributed by atoms with Crippen molar-refractivity contribution in [1.29, 1.82) is 0 Å². The van der Waals surface area contributed by atoms with Gasteiger partial charge in [0.1, 0.15) is 0 Å². The van der Waals surface area contributed by atoms with Crippen molar-refractivity contribution in [2.45, 2.75) is 31.7 Å². The highest BCUT2D eigenvalue weighted by Crippen LogP contribution is 2.39. The third-order valence-corrected chi connectivity index (χ3v) is 2.96. The molecule has 2 heterocycles. The summed E-state index contributed by atoms with van der Waals surface area (Å²) in [7, 11) is 0. The van der Waals surface area contributed by atoms with Gasteiger partial charge in [0, 0.05) is 17.8 Å². The van der Waals surface area contributed by atoms with Crippen LogP contribution in [0.5, 0.6) is 0 Å². The third-order valence-electron chi connectivity index (χ3n) is 2.96. The number of aromatic nitrogens is 3. The molecule has 1 unspecified atom stereocenters. The van der Waals surface area contributed by atoms with E-state index in [1.165, 1.54) is 0 Å². The van der Waals surface area contributed by atoms with Gasteiger partial charge >= 0.3 is 0 Å². The van der Waals surface area contributed by atoms with Gasteiger partial charge in [-0.3, -0.25) is 4.98 Å². The van der Waals surface area contributed by atoms with Crippen LogP contribution in [0.3, 0.4) is 0 Å². The Balaban J connectivity index is 1.84. The van der Waals surface area contributed by atoms with E-state index < -0.39 is 0 Å². The topological polar surface area (TPSA) is 77.8 Å². The number of nitrogens with two attached hydrogens (primary N) is 1. The summed E-state index contributed by atoms with van der Waals surface area (Å²) in [4.78, 5) is 8.55. The van der Waals surface area contributed by atoms with Gasteiger partial charge in [-0.15, -0.1) is 0 Å². The highest BCUT2D eigenvalue weighted by molar-refractivity contribution is 5.22. The number of hydrogen-bond acceptors (Lipinski definition) is 5. The smallest absolute Gasteiger partial charge is 0.229 e. The second kappa shape index (κ2) is 3.92. The summed E-state index contributed by atoms with van der Waals surface area (Å²) in [5, 5.41) is 3.94. The molecular formula is C12H14N4O. The van der Waals surface area contributed by atoms with E-state index in [1.54, 1.807) is 6.20 Å². The molecule has 1 atom stereocenters. The Labute approximate surface area is 99.1 Å². The van der Waals surface area contributed by atoms with E-state index in [-0.39, 0.29) is 6.04 Å². The number of aryl methyl sites for hydroxylation is 1. The van der Waals surface area contributed by atoms with E-state index in [2.05, 4.69) is 15.1 Å². The Morgan fingerprint density at radius 2 is 2.24 bits per heavy atom. The maximum Gasteiger partial charge on any atom is 0.229 e. The van der Waals surface area contributed by atoms with Crippen LogP contribution in [-0.2, 0) is 0 Å². The van der Waals surface area contributed by atoms with Gasteiger partial charge in [0.15, 0.2) is 5.82 Å². The molecule has 0 radical (unpaired) electrons. The molecule has 17 heavy (non-hydrogen) atoms. The van der Waals surface area contributed by atoms with Gasteiger partial charge in [-0.2, -0.15) is 4.98 Å². The Hall–Kier alpha value is -1.75. The first-order valence-electron chi connectivity index (χ1n) is 5.75. The summed E-state index contributed by atoms with van der Waals surface area (Å²) >= 11 is 0. The molecule has 1 fully saturated rings. The molecule has 0 aliphatic heterocycles. The van der Waals surface area contributed by atoms with Crippen molar-refractivity contribution >= 4 is 0 Å². The minimum Gasteiger partial charge on any atom is -0.339 e. The predicted octanol–water partition coefficient (Wildman–Crippen LogP) is 1.70. The van der Waals surface area contributed by atoms with Crippen LogP contribution in [0.2, 0.25) is 0 Å². The SMILES string of the molecule is Cc1ccc(C(N)c2noc(C3CC3)n2)cn1. The van der Waals surface area contributed by atoms with Gasteiger partial charge in [0.05, 0.1) is 6.04 Å². The quantitative estimate of drug-likeness (QED) is 0.868. The fourth-order valence-corrected chi connectivity index (χ4v) is 1.68. The molecule has 0 amide bonds. The molecule has 0 aromatic carbocycles. The van der Waals surface area contributed by atoms with Gasteiger partial charge in [-0.1, -0.05) is 11.2 Å². The molecule has 1 aliphatic carbocycles. The van der Waals surface area contributed by atoms with Crippen LogP contribution < -0.4 is 5.73 Å². The normalized spacial score (nSPS) is 17.1. The highest BCUT2D eigenvalue weighted by Gasteiger charge is 2.30. The fraction of sp³-hybridized carbons (Fsp3) is 0.417. The van der Waals surface area contributed by atoms with Crippen molar-refractivity contribution in [3.05, 3.63) is 41.3 Å². The standard InChI is InChI=1S/C12H14N4O/c1-7-2-3-9(6-14-7)10(13)11-15-12(17-16-11)8-4-5-8/h2-3,6,8,10H,4-5,13H2,1H3. The molecule has 0 spiro atoms. The van der Waals surface area contributed by atoms with Gasteiger partial charge in [-0.25, -0.2) is 0 Å². The molecule has 3 rings (SSSR count). The lowest BCUT2D eigenvalue weighted by molar-refractivity contribution is 0.372. The molecule has 0 bridgehead atoms. The van der Waals surface area contributed by atoms with E-state index in [0.29, 0.717) is 11.7 Å². The van der Waals surface area contributed by atoms with E-state index >= 15 is 0 Å². The van der Waals surface area contributed by atoms with Crippen molar-refractivity contribution in [2.75, 3.05) is 0 Å². The van der Waals surface area contributed by atoms with Gasteiger partial charge in [-0.05, 0) is 31.4 Å². The van der Waals surface area contributed by atoms with Crippen molar-refractivity contribution in [2.24, 2.45) is 5.73 Å². The molecule has 1 saturated carbocycles. The van der Waals surface area contributed by atoms with E-state index in [0.717, 1.165) is 30.0 Å². The predicted molar refractivity (Wildman–Crippen MR) is 61.3 cm³/mol. The minimum atomic E-state index is -0.362. The molecule has 2 N–H and O–H groups in total. The molecule has 88 valence electrons. The lowest BCUT2D eigenvalue weighted by Gasteiger charge is -2.06. The third kappa shape index (κ3) is 2.06. The maximum atomic E-state index is 6.08. The lowest BCUT2D eigenvalue weighted by atomic mass is 10.1. The van der Waals surface area contributed by atoms with Crippen LogP contribution in [0.4, 0.5) is 0 Å². The van der Waals surface area contributed by atoms with Crippen molar-refractivity contribution in [3.63, 3.8) is 0 Å². The first kappa shape index (κ1) is 10.4. The van der Waals surface area contributed by atoms with Crippen molar-refractivity contribution in [3.8, 4) is 0 Å². The fourth-order valence-electron chi connectivity index (χ4n) is 1.68. The van der Waals surface area contributed by atoms with E-state index in [9.17, 15) is 0 Å². The monoisotopic (exact) mass is 230 g/mol. The van der Waals surface area contributed by atoms with E-state index in [1.807, 2.05) is 19.1 Å². The summed E-state index contributed by atoms with van der Waals surface area (Å²) in [6, 6.07) is 3.51. The van der Waals surface area contributed by atoms with Gasteiger partial charge in [0.25, 0.3) is 0 Å².